The van der Waals surface area contributed by atoms with Crippen molar-refractivity contribution >= 4 is 0 Å². The van der Waals surface area contributed by atoms with Crippen molar-refractivity contribution in [3.8, 4) is 0 Å². The molecule has 0 atom stereocenters. The van der Waals surface area contributed by atoms with Crippen molar-refractivity contribution in [1.82, 2.24) is 0 Å². The Balaban J connectivity index is -0.00000000500. The Bertz CT molecular complexity index is 7.51. The largest absolute Gasteiger partial charge is 1.00 e. The first-order valence-corrected chi connectivity index (χ1v) is 2.00. The molecule has 0 aromatic carbocycles. The van der Waals surface area contributed by atoms with Gasteiger partial charge in [-0.2, -0.15) is 0 Å². The molecule has 0 unspecified atom stereocenters. The topological polar surface area (TPSA) is 30.0 Å². The third-order valence-electron chi connectivity index (χ3n) is 0. The van der Waals surface area contributed by atoms with Gasteiger partial charge >= 0.3 is 29.6 Å². The van der Waals surface area contributed by atoms with Crippen LogP contribution in [-0.2, 0) is 0 Å². The van der Waals surface area contributed by atoms with E-state index in [0.29, 0.717) is 0 Å². The maximum Gasteiger partial charge on any atom is 1.00 e. The monoisotopic (exact) mass is 100 g/mol. The zero-order valence-corrected chi connectivity index (χ0v) is 7.45. The second-order valence-corrected chi connectivity index (χ2v) is 0. The van der Waals surface area contributed by atoms with Crippen LogP contribution >= 0.6 is 0 Å². The molecule has 0 aliphatic heterocycles. The van der Waals surface area contributed by atoms with E-state index in [1.807, 2.05) is 27.7 Å². The quantitative estimate of drug-likeness (QED) is 0.355. The molecule has 0 bridgehead atoms. The fraction of sp³-hybridized carbons (Fsp3) is 1.00. The molecule has 0 heterocycles. The molecule has 0 saturated heterocycles. The van der Waals surface area contributed by atoms with Crippen LogP contribution in [0.15, 0.2) is 0 Å². The fourth-order valence-corrected chi connectivity index (χ4v) is 0. The van der Waals surface area contributed by atoms with Crippen molar-refractivity contribution in [3.05, 3.63) is 0 Å². The van der Waals surface area contributed by atoms with Gasteiger partial charge in [0.1, 0.15) is 0 Å². The second kappa shape index (κ2) is 159. The molecule has 0 fully saturated rings. The van der Waals surface area contributed by atoms with Gasteiger partial charge in [0.2, 0.25) is 0 Å². The molecule has 6 heavy (non-hydrogen) atoms. The van der Waals surface area contributed by atoms with Gasteiger partial charge in [-0.25, -0.2) is 0 Å². The molecule has 1 nitrogen and oxygen atoms in total. The normalized spacial score (nSPS) is 2.00. The molecular weight excluding hydrogens is 87.0 g/mol. The summed E-state index contributed by atoms with van der Waals surface area (Å²) >= 11 is 0. The maximum atomic E-state index is 2.00. The predicted molar refractivity (Wildman–Crippen MR) is 24.6 cm³/mol. The summed E-state index contributed by atoms with van der Waals surface area (Å²) in [6.45, 7) is 8.00. The molecule has 0 aromatic heterocycles. The Morgan fingerprint density at radius 2 is 0.667 bits per heavy atom. The molecule has 0 spiro atoms. The van der Waals surface area contributed by atoms with Gasteiger partial charge in [0.25, 0.3) is 0 Å². The van der Waals surface area contributed by atoms with Crippen LogP contribution in [0.1, 0.15) is 27.7 Å². The minimum Gasteiger partial charge on any atom is -0.870 e. The smallest absolute Gasteiger partial charge is 0.870 e. The first-order chi connectivity index (χ1) is 2.00. The Morgan fingerprint density at radius 3 is 0.667 bits per heavy atom. The number of hydrogen-bond acceptors (Lipinski definition) is 1. The van der Waals surface area contributed by atoms with Crippen LogP contribution in [0.3, 0.4) is 0 Å². The van der Waals surface area contributed by atoms with Crippen LogP contribution in [0.2, 0.25) is 0 Å². The number of hydrogen-bond donors (Lipinski definition) is 0. The second-order valence-electron chi connectivity index (χ2n) is 0. The van der Waals surface area contributed by atoms with Crippen LogP contribution in [0, 0.1) is 0 Å². The van der Waals surface area contributed by atoms with Gasteiger partial charge in [-0.3, -0.25) is 0 Å². The molecule has 36 valence electrons. The molecule has 0 aromatic rings. The summed E-state index contributed by atoms with van der Waals surface area (Å²) in [5.41, 5.74) is 0. The molecule has 0 aliphatic carbocycles. The van der Waals surface area contributed by atoms with Gasteiger partial charge in [0, 0.05) is 0 Å². The number of rotatable bonds is 0. The first kappa shape index (κ1) is 28.2. The van der Waals surface area contributed by atoms with E-state index in [9.17, 15) is 0 Å². The maximum absolute atomic E-state index is 2.00. The molecule has 1 N–H and O–H groups in total. The van der Waals surface area contributed by atoms with Gasteiger partial charge in [-0.05, 0) is 0 Å². The van der Waals surface area contributed by atoms with Crippen molar-refractivity contribution in [2.24, 2.45) is 0 Å². The molecule has 0 saturated carbocycles. The Hall–Kier alpha value is 0.960. The molecule has 0 radical (unpaired) electrons. The van der Waals surface area contributed by atoms with Gasteiger partial charge < -0.3 is 5.48 Å². The summed E-state index contributed by atoms with van der Waals surface area (Å²) < 4.78 is 0. The Kier molecular flexibility index (Phi) is 748. The summed E-state index contributed by atoms with van der Waals surface area (Å²) in [7, 11) is 0. The first-order valence-electron chi connectivity index (χ1n) is 2.00. The van der Waals surface area contributed by atoms with Crippen LogP contribution in [-0.4, -0.2) is 5.48 Å². The van der Waals surface area contributed by atoms with Gasteiger partial charge in [-0.15, -0.1) is 0 Å². The van der Waals surface area contributed by atoms with E-state index >= 15 is 0 Å². The van der Waals surface area contributed by atoms with Crippen molar-refractivity contribution < 1.29 is 35.0 Å². The third kappa shape index (κ3) is 84.4. The third-order valence-corrected chi connectivity index (χ3v) is 0. The summed E-state index contributed by atoms with van der Waals surface area (Å²) in [6.07, 6.45) is 0. The van der Waals surface area contributed by atoms with E-state index in [-0.39, 0.29) is 35.0 Å². The van der Waals surface area contributed by atoms with Gasteiger partial charge in [-0.1, -0.05) is 27.7 Å². The summed E-state index contributed by atoms with van der Waals surface area (Å²) in [6, 6.07) is 0. The summed E-state index contributed by atoms with van der Waals surface area (Å²) in [4.78, 5) is 0. The van der Waals surface area contributed by atoms with Crippen molar-refractivity contribution in [1.29, 1.82) is 0 Å². The average Bonchev–Trinajstić information content (AvgIpc) is 1.50. The van der Waals surface area contributed by atoms with Crippen LogP contribution < -0.4 is 29.6 Å². The molecule has 0 aliphatic rings. The standard InChI is InChI=1S/2C2H6.Na.H2O/c2*1-2;;/h2*1-2H3;;1H2/q;;+1;/p-1. The Morgan fingerprint density at radius 1 is 0.667 bits per heavy atom. The SMILES string of the molecule is CC.CC.[Na+].[OH-]. The molecule has 0 amide bonds. The zero-order chi connectivity index (χ0) is 4.00. The zero-order valence-electron chi connectivity index (χ0n) is 5.45. The van der Waals surface area contributed by atoms with E-state index in [1.165, 1.54) is 0 Å². The minimum absolute atomic E-state index is 0. The van der Waals surface area contributed by atoms with Gasteiger partial charge in [0.15, 0.2) is 0 Å². The molecule has 0 rings (SSSR count). The van der Waals surface area contributed by atoms with Crippen LogP contribution in [0.5, 0.6) is 0 Å². The van der Waals surface area contributed by atoms with E-state index in [0.717, 1.165) is 0 Å². The fourth-order valence-electron chi connectivity index (χ4n) is 0. The van der Waals surface area contributed by atoms with Gasteiger partial charge in [0.05, 0.1) is 0 Å². The average molecular weight is 100 g/mol. The van der Waals surface area contributed by atoms with E-state index < -0.39 is 0 Å². The van der Waals surface area contributed by atoms with E-state index in [4.69, 9.17) is 0 Å². The van der Waals surface area contributed by atoms with E-state index in [1.54, 1.807) is 0 Å². The molecule has 2 heteroatoms. The predicted octanol–water partition coefficient (Wildman–Crippen LogP) is -1.12. The van der Waals surface area contributed by atoms with Crippen LogP contribution in [0.25, 0.3) is 0 Å². The Labute approximate surface area is 62.7 Å². The summed E-state index contributed by atoms with van der Waals surface area (Å²) in [5, 5.41) is 0. The molecular formula is C4H13NaO. The van der Waals surface area contributed by atoms with Crippen molar-refractivity contribution in [2.75, 3.05) is 0 Å². The van der Waals surface area contributed by atoms with Crippen LogP contribution in [0.4, 0.5) is 0 Å². The van der Waals surface area contributed by atoms with Crippen molar-refractivity contribution in [3.63, 3.8) is 0 Å². The summed E-state index contributed by atoms with van der Waals surface area (Å²) in [5.74, 6) is 0. The van der Waals surface area contributed by atoms with Crippen molar-refractivity contribution in [2.45, 2.75) is 27.7 Å². The van der Waals surface area contributed by atoms with E-state index in [2.05, 4.69) is 0 Å². The minimum atomic E-state index is 0.